The monoisotopic (exact) mass is 356 g/mol. The van der Waals surface area contributed by atoms with E-state index >= 15 is 0 Å². The van der Waals surface area contributed by atoms with Gasteiger partial charge < -0.3 is 19.7 Å². The Labute approximate surface area is 153 Å². The number of hydrogen-bond acceptors (Lipinski definition) is 6. The summed E-state index contributed by atoms with van der Waals surface area (Å²) < 4.78 is 10.9. The van der Waals surface area contributed by atoms with Gasteiger partial charge in [-0.15, -0.1) is 0 Å². The van der Waals surface area contributed by atoms with E-state index in [4.69, 9.17) is 9.47 Å². The molecule has 2 unspecified atom stereocenters. The van der Waals surface area contributed by atoms with Crippen LogP contribution < -0.4 is 10.1 Å². The zero-order valence-electron chi connectivity index (χ0n) is 15.3. The maximum Gasteiger partial charge on any atom is 0.257 e. The highest BCUT2D eigenvalue weighted by atomic mass is 16.5. The molecule has 138 valence electrons. The maximum atomic E-state index is 12.7. The number of morpholine rings is 1. The van der Waals surface area contributed by atoms with Crippen LogP contribution in [0.3, 0.4) is 0 Å². The molecule has 0 bridgehead atoms. The summed E-state index contributed by atoms with van der Waals surface area (Å²) in [4.78, 5) is 22.9. The third kappa shape index (κ3) is 4.29. The zero-order chi connectivity index (χ0) is 18.5. The molecule has 1 N–H and O–H groups in total. The first-order valence-corrected chi connectivity index (χ1v) is 8.69. The number of hydrogen-bond donors (Lipinski definition) is 1. The van der Waals surface area contributed by atoms with Crippen LogP contribution >= 0.6 is 0 Å². The molecular formula is C19H24N4O3. The van der Waals surface area contributed by atoms with Gasteiger partial charge in [0, 0.05) is 37.6 Å². The molecular weight excluding hydrogens is 332 g/mol. The van der Waals surface area contributed by atoms with E-state index < -0.39 is 0 Å². The molecule has 26 heavy (non-hydrogen) atoms. The van der Waals surface area contributed by atoms with Gasteiger partial charge in [0.2, 0.25) is 0 Å². The number of nitrogens with zero attached hydrogens (tertiary/aromatic N) is 3. The third-order valence-corrected chi connectivity index (χ3v) is 4.23. The van der Waals surface area contributed by atoms with Crippen LogP contribution in [0, 0.1) is 0 Å². The Bertz CT molecular complexity index is 741. The van der Waals surface area contributed by atoms with E-state index in [-0.39, 0.29) is 18.1 Å². The minimum Gasteiger partial charge on any atom is -0.478 e. The molecule has 1 aromatic carbocycles. The summed E-state index contributed by atoms with van der Waals surface area (Å²) in [5.74, 6) is 1.09. The smallest absolute Gasteiger partial charge is 0.257 e. The second-order valence-electron chi connectivity index (χ2n) is 6.43. The van der Waals surface area contributed by atoms with Crippen molar-refractivity contribution >= 4 is 11.7 Å². The lowest BCUT2D eigenvalue weighted by atomic mass is 10.1. The Morgan fingerprint density at radius 3 is 2.50 bits per heavy atom. The molecule has 1 fully saturated rings. The first-order valence-electron chi connectivity index (χ1n) is 8.69. The molecule has 3 rings (SSSR count). The number of amides is 1. The molecule has 2 atom stereocenters. The molecule has 0 aliphatic carbocycles. The quantitative estimate of drug-likeness (QED) is 0.886. The fourth-order valence-electron chi connectivity index (χ4n) is 3.07. The lowest BCUT2D eigenvalue weighted by molar-refractivity contribution is -0.0586. The van der Waals surface area contributed by atoms with Gasteiger partial charge in [-0.05, 0) is 31.5 Å². The molecule has 7 heteroatoms. The van der Waals surface area contributed by atoms with Crippen LogP contribution in [0.5, 0.6) is 5.88 Å². The number of carbonyl (C=O) groups is 1. The first kappa shape index (κ1) is 18.1. The Hall–Kier alpha value is -2.67. The highest BCUT2D eigenvalue weighted by Crippen LogP contribution is 2.18. The number of ether oxygens (including phenoxy) is 2. The van der Waals surface area contributed by atoms with Crippen molar-refractivity contribution < 1.29 is 14.3 Å². The number of anilines is 1. The summed E-state index contributed by atoms with van der Waals surface area (Å²) in [6.07, 6.45) is 3.32. The average molecular weight is 356 g/mol. The Morgan fingerprint density at radius 1 is 1.19 bits per heavy atom. The summed E-state index contributed by atoms with van der Waals surface area (Å²) in [7, 11) is 1.56. The van der Waals surface area contributed by atoms with E-state index in [1.54, 1.807) is 19.5 Å². The van der Waals surface area contributed by atoms with Crippen LogP contribution in [0.2, 0.25) is 0 Å². The highest BCUT2D eigenvalue weighted by molar-refractivity contribution is 5.94. The van der Waals surface area contributed by atoms with Crippen molar-refractivity contribution in [3.05, 3.63) is 47.8 Å². The molecule has 1 aliphatic rings. The van der Waals surface area contributed by atoms with Crippen molar-refractivity contribution in [2.24, 2.45) is 0 Å². The lowest BCUT2D eigenvalue weighted by Gasteiger charge is -2.35. The van der Waals surface area contributed by atoms with Crippen LogP contribution in [-0.4, -0.2) is 53.2 Å². The molecule has 0 radical (unpaired) electrons. The molecule has 2 heterocycles. The fourth-order valence-corrected chi connectivity index (χ4v) is 3.07. The second-order valence-corrected chi connectivity index (χ2v) is 6.43. The maximum absolute atomic E-state index is 12.7. The molecule has 1 saturated heterocycles. The van der Waals surface area contributed by atoms with Crippen molar-refractivity contribution in [3.8, 4) is 5.88 Å². The van der Waals surface area contributed by atoms with Gasteiger partial charge in [-0.3, -0.25) is 4.79 Å². The minimum absolute atomic E-state index is 0.0436. The van der Waals surface area contributed by atoms with Gasteiger partial charge in [0.15, 0.2) is 5.82 Å². The largest absolute Gasteiger partial charge is 0.478 e. The van der Waals surface area contributed by atoms with Crippen molar-refractivity contribution in [2.75, 3.05) is 25.5 Å². The number of methoxy groups -OCH3 is 1. The summed E-state index contributed by atoms with van der Waals surface area (Å²) in [6.45, 7) is 5.80. The van der Waals surface area contributed by atoms with Gasteiger partial charge in [0.05, 0.1) is 19.3 Å². The molecule has 1 aliphatic heterocycles. The minimum atomic E-state index is 0.0436. The van der Waals surface area contributed by atoms with E-state index in [0.717, 1.165) is 5.56 Å². The van der Waals surface area contributed by atoms with E-state index in [9.17, 15) is 4.79 Å². The average Bonchev–Trinajstić information content (AvgIpc) is 2.65. The first-order chi connectivity index (χ1) is 12.6. The van der Waals surface area contributed by atoms with E-state index in [2.05, 4.69) is 15.3 Å². The van der Waals surface area contributed by atoms with Gasteiger partial charge in [0.1, 0.15) is 0 Å². The summed E-state index contributed by atoms with van der Waals surface area (Å²) >= 11 is 0. The van der Waals surface area contributed by atoms with Crippen molar-refractivity contribution in [1.29, 1.82) is 0 Å². The fraction of sp³-hybridized carbons (Fsp3) is 0.421. The highest BCUT2D eigenvalue weighted by Gasteiger charge is 2.26. The van der Waals surface area contributed by atoms with Crippen LogP contribution in [-0.2, 0) is 11.3 Å². The molecule has 7 nitrogen and oxygen atoms in total. The molecule has 1 amide bonds. The molecule has 0 saturated carbocycles. The Balaban J connectivity index is 1.62. The summed E-state index contributed by atoms with van der Waals surface area (Å²) in [6, 6.07) is 7.60. The molecule has 0 spiro atoms. The Kier molecular flexibility index (Phi) is 5.68. The molecule has 2 aromatic rings. The third-order valence-electron chi connectivity index (χ3n) is 4.23. The van der Waals surface area contributed by atoms with Gasteiger partial charge in [0.25, 0.3) is 11.8 Å². The van der Waals surface area contributed by atoms with Crippen LogP contribution in [0.15, 0.2) is 36.7 Å². The zero-order valence-corrected chi connectivity index (χ0v) is 15.3. The Morgan fingerprint density at radius 2 is 1.85 bits per heavy atom. The number of benzene rings is 1. The SMILES string of the molecule is COc1nccnc1NCc1ccc(C(=O)N2CC(C)OC(C)C2)cc1. The van der Waals surface area contributed by atoms with Crippen molar-refractivity contribution in [1.82, 2.24) is 14.9 Å². The molecule has 1 aromatic heterocycles. The topological polar surface area (TPSA) is 76.6 Å². The van der Waals surface area contributed by atoms with Crippen molar-refractivity contribution in [3.63, 3.8) is 0 Å². The number of rotatable bonds is 5. The van der Waals surface area contributed by atoms with E-state index in [1.165, 1.54) is 0 Å². The summed E-state index contributed by atoms with van der Waals surface area (Å²) in [5.41, 5.74) is 1.73. The van der Waals surface area contributed by atoms with E-state index in [1.807, 2.05) is 43.0 Å². The number of nitrogens with one attached hydrogen (secondary N) is 1. The van der Waals surface area contributed by atoms with Gasteiger partial charge in [-0.1, -0.05) is 12.1 Å². The van der Waals surface area contributed by atoms with Crippen LogP contribution in [0.1, 0.15) is 29.8 Å². The van der Waals surface area contributed by atoms with E-state index in [0.29, 0.717) is 36.9 Å². The van der Waals surface area contributed by atoms with Crippen LogP contribution in [0.4, 0.5) is 5.82 Å². The van der Waals surface area contributed by atoms with Gasteiger partial charge in [-0.2, -0.15) is 0 Å². The lowest BCUT2D eigenvalue weighted by Crippen LogP contribution is -2.48. The van der Waals surface area contributed by atoms with Gasteiger partial charge >= 0.3 is 0 Å². The van der Waals surface area contributed by atoms with Gasteiger partial charge in [-0.25, -0.2) is 9.97 Å². The van der Waals surface area contributed by atoms with Crippen molar-refractivity contribution in [2.45, 2.75) is 32.6 Å². The normalized spacial score (nSPS) is 19.9. The standard InChI is InChI=1S/C19H24N4O3/c1-13-11-23(12-14(2)26-13)19(24)16-6-4-15(5-7-16)10-22-17-18(25-3)21-9-8-20-17/h4-9,13-14H,10-12H2,1-3H3,(H,20,22). The predicted octanol–water partition coefficient (Wildman–Crippen LogP) is 2.35. The predicted molar refractivity (Wildman–Crippen MR) is 98.3 cm³/mol. The van der Waals surface area contributed by atoms with Crippen LogP contribution in [0.25, 0.3) is 0 Å². The second kappa shape index (κ2) is 8.14. The number of carbonyl (C=O) groups excluding carboxylic acids is 1. The summed E-state index contributed by atoms with van der Waals surface area (Å²) in [5, 5.41) is 3.19. The number of aromatic nitrogens is 2.